The van der Waals surface area contributed by atoms with Gasteiger partial charge < -0.3 is 9.73 Å². The zero-order valence-corrected chi connectivity index (χ0v) is 14.4. The molecule has 128 valence electrons. The van der Waals surface area contributed by atoms with Crippen molar-refractivity contribution in [1.82, 2.24) is 15.1 Å². The maximum Gasteiger partial charge on any atom is 0.247 e. The minimum Gasteiger partial charge on any atom is -0.419 e. The van der Waals surface area contributed by atoms with Crippen LogP contribution in [0, 0.1) is 0 Å². The first-order valence-electron chi connectivity index (χ1n) is 7.72. The lowest BCUT2D eigenvalue weighted by molar-refractivity contribution is -0.117. The number of carbonyl (C=O) groups is 1. The van der Waals surface area contributed by atoms with Crippen LogP contribution in [0.3, 0.4) is 0 Å². The quantitative estimate of drug-likeness (QED) is 0.732. The van der Waals surface area contributed by atoms with E-state index >= 15 is 0 Å². The predicted octanol–water partition coefficient (Wildman–Crippen LogP) is 3.46. The van der Waals surface area contributed by atoms with E-state index in [1.165, 1.54) is 0 Å². The van der Waals surface area contributed by atoms with Crippen molar-refractivity contribution in [2.45, 2.75) is 6.54 Å². The Hall–Kier alpha value is -2.70. The van der Waals surface area contributed by atoms with Gasteiger partial charge in [0.2, 0.25) is 17.7 Å². The Kier molecular flexibility index (Phi) is 5.42. The van der Waals surface area contributed by atoms with Crippen molar-refractivity contribution in [3.63, 3.8) is 0 Å². The van der Waals surface area contributed by atoms with Crippen LogP contribution in [-0.4, -0.2) is 34.6 Å². The Morgan fingerprint density at radius 3 is 2.56 bits per heavy atom. The first-order valence-corrected chi connectivity index (χ1v) is 8.10. The van der Waals surface area contributed by atoms with Gasteiger partial charge in [0.1, 0.15) is 0 Å². The number of halogens is 1. The monoisotopic (exact) mass is 356 g/mol. The lowest BCUT2D eigenvalue weighted by Crippen LogP contribution is -2.29. The Bertz CT molecular complexity index is 834. The van der Waals surface area contributed by atoms with Gasteiger partial charge in [-0.1, -0.05) is 29.8 Å². The van der Waals surface area contributed by atoms with Gasteiger partial charge in [-0.15, -0.1) is 10.2 Å². The van der Waals surface area contributed by atoms with Gasteiger partial charge in [-0.05, 0) is 43.4 Å². The molecule has 0 atom stereocenters. The third kappa shape index (κ3) is 4.89. The average molecular weight is 357 g/mol. The summed E-state index contributed by atoms with van der Waals surface area (Å²) in [6, 6.07) is 16.5. The first-order chi connectivity index (χ1) is 12.1. The number of anilines is 1. The Morgan fingerprint density at radius 1 is 1.12 bits per heavy atom. The summed E-state index contributed by atoms with van der Waals surface area (Å²) in [5.74, 6) is 0.764. The van der Waals surface area contributed by atoms with E-state index in [0.29, 0.717) is 23.3 Å². The van der Waals surface area contributed by atoms with E-state index in [2.05, 4.69) is 15.5 Å². The van der Waals surface area contributed by atoms with Crippen LogP contribution >= 0.6 is 11.6 Å². The number of likely N-dealkylation sites (N-methyl/N-ethyl adjacent to an activating group) is 1. The van der Waals surface area contributed by atoms with E-state index in [4.69, 9.17) is 16.0 Å². The van der Waals surface area contributed by atoms with Crippen LogP contribution in [0.5, 0.6) is 0 Å². The second-order valence-electron chi connectivity index (χ2n) is 5.59. The molecule has 2 aromatic carbocycles. The summed E-state index contributed by atoms with van der Waals surface area (Å²) in [6.45, 7) is 0.594. The van der Waals surface area contributed by atoms with Gasteiger partial charge in [0.15, 0.2) is 0 Å². The van der Waals surface area contributed by atoms with E-state index in [-0.39, 0.29) is 12.5 Å². The Labute approximate surface area is 150 Å². The largest absolute Gasteiger partial charge is 0.419 e. The van der Waals surface area contributed by atoms with Crippen molar-refractivity contribution < 1.29 is 9.21 Å². The van der Waals surface area contributed by atoms with Gasteiger partial charge >= 0.3 is 0 Å². The van der Waals surface area contributed by atoms with E-state index in [9.17, 15) is 4.79 Å². The van der Waals surface area contributed by atoms with Gasteiger partial charge in [0.05, 0.1) is 13.1 Å². The lowest BCUT2D eigenvalue weighted by Gasteiger charge is -2.13. The number of rotatable bonds is 6. The number of amides is 1. The minimum atomic E-state index is -0.105. The molecule has 0 aliphatic heterocycles. The molecule has 0 unspecified atom stereocenters. The van der Waals surface area contributed by atoms with Crippen LogP contribution in [0.15, 0.2) is 59.0 Å². The summed E-state index contributed by atoms with van der Waals surface area (Å²) in [6.07, 6.45) is 0. The van der Waals surface area contributed by atoms with E-state index in [1.54, 1.807) is 17.0 Å². The minimum absolute atomic E-state index is 0.105. The van der Waals surface area contributed by atoms with Gasteiger partial charge in [-0.2, -0.15) is 0 Å². The van der Waals surface area contributed by atoms with Crippen molar-refractivity contribution in [3.05, 3.63) is 65.5 Å². The molecule has 1 amide bonds. The number of para-hydroxylation sites is 1. The number of nitrogens with zero attached hydrogens (tertiary/aromatic N) is 3. The van der Waals surface area contributed by atoms with Crippen LogP contribution in [0.1, 0.15) is 5.89 Å². The standard InChI is InChI=1S/C18H17ClN4O2/c1-23(11-16(24)20-15-5-3-2-4-6-15)12-17-21-22-18(25-17)13-7-9-14(19)10-8-13/h2-10H,11-12H2,1H3,(H,20,24). The normalized spacial score (nSPS) is 10.8. The second kappa shape index (κ2) is 7.92. The van der Waals surface area contributed by atoms with Crippen molar-refractivity contribution in [2.24, 2.45) is 0 Å². The van der Waals surface area contributed by atoms with Gasteiger partial charge in [-0.3, -0.25) is 9.69 Å². The molecule has 0 spiro atoms. The molecule has 0 fully saturated rings. The molecule has 0 aliphatic rings. The molecule has 0 aliphatic carbocycles. The summed E-state index contributed by atoms with van der Waals surface area (Å²) >= 11 is 5.87. The molecule has 0 bridgehead atoms. The molecule has 7 heteroatoms. The van der Waals surface area contributed by atoms with Crippen LogP contribution in [-0.2, 0) is 11.3 Å². The van der Waals surface area contributed by atoms with E-state index in [1.807, 2.05) is 49.5 Å². The highest BCUT2D eigenvalue weighted by Gasteiger charge is 2.13. The fourth-order valence-corrected chi connectivity index (χ4v) is 2.41. The fourth-order valence-electron chi connectivity index (χ4n) is 2.28. The SMILES string of the molecule is CN(CC(=O)Nc1ccccc1)Cc1nnc(-c2ccc(Cl)cc2)o1. The third-order valence-electron chi connectivity index (χ3n) is 3.43. The molecular weight excluding hydrogens is 340 g/mol. The van der Waals surface area contributed by atoms with Crippen LogP contribution < -0.4 is 5.32 Å². The lowest BCUT2D eigenvalue weighted by atomic mass is 10.2. The van der Waals surface area contributed by atoms with Crippen LogP contribution in [0.4, 0.5) is 5.69 Å². The first kappa shape index (κ1) is 17.1. The zero-order valence-electron chi connectivity index (χ0n) is 13.6. The van der Waals surface area contributed by atoms with Crippen LogP contribution in [0.25, 0.3) is 11.5 Å². The Balaban J connectivity index is 1.55. The number of carbonyl (C=O) groups excluding carboxylic acids is 1. The fraction of sp³-hybridized carbons (Fsp3) is 0.167. The van der Waals surface area contributed by atoms with Gasteiger partial charge in [-0.25, -0.2) is 0 Å². The summed E-state index contributed by atoms with van der Waals surface area (Å²) in [7, 11) is 1.82. The van der Waals surface area contributed by atoms with Gasteiger partial charge in [0.25, 0.3) is 0 Å². The average Bonchev–Trinajstić information content (AvgIpc) is 3.04. The van der Waals surface area contributed by atoms with Crippen molar-refractivity contribution >= 4 is 23.2 Å². The molecule has 3 aromatic rings. The van der Waals surface area contributed by atoms with E-state index < -0.39 is 0 Å². The molecule has 3 rings (SSSR count). The summed E-state index contributed by atoms with van der Waals surface area (Å²) in [5.41, 5.74) is 1.57. The third-order valence-corrected chi connectivity index (χ3v) is 3.69. The highest BCUT2D eigenvalue weighted by atomic mass is 35.5. The number of aromatic nitrogens is 2. The number of hydrogen-bond acceptors (Lipinski definition) is 5. The highest BCUT2D eigenvalue weighted by molar-refractivity contribution is 6.30. The number of nitrogens with one attached hydrogen (secondary N) is 1. The predicted molar refractivity (Wildman–Crippen MR) is 96.1 cm³/mol. The second-order valence-corrected chi connectivity index (χ2v) is 6.03. The molecule has 1 aromatic heterocycles. The number of hydrogen-bond donors (Lipinski definition) is 1. The van der Waals surface area contributed by atoms with Crippen molar-refractivity contribution in [1.29, 1.82) is 0 Å². The molecular formula is C18H17ClN4O2. The van der Waals surface area contributed by atoms with Crippen molar-refractivity contribution in [3.8, 4) is 11.5 Å². The van der Waals surface area contributed by atoms with Gasteiger partial charge in [0, 0.05) is 16.3 Å². The molecule has 0 radical (unpaired) electrons. The number of benzene rings is 2. The smallest absolute Gasteiger partial charge is 0.247 e. The summed E-state index contributed by atoms with van der Waals surface area (Å²) in [4.78, 5) is 13.8. The van der Waals surface area contributed by atoms with Crippen LogP contribution in [0.2, 0.25) is 5.02 Å². The molecule has 0 saturated heterocycles. The molecule has 6 nitrogen and oxygen atoms in total. The maximum atomic E-state index is 12.0. The molecule has 0 saturated carbocycles. The summed E-state index contributed by atoms with van der Waals surface area (Å²) in [5, 5.41) is 11.5. The molecule has 1 N–H and O–H groups in total. The maximum absolute atomic E-state index is 12.0. The van der Waals surface area contributed by atoms with Crippen molar-refractivity contribution in [2.75, 3.05) is 18.9 Å². The summed E-state index contributed by atoms with van der Waals surface area (Å²) < 4.78 is 5.64. The Morgan fingerprint density at radius 2 is 1.84 bits per heavy atom. The molecule has 1 heterocycles. The highest BCUT2D eigenvalue weighted by Crippen LogP contribution is 2.20. The topological polar surface area (TPSA) is 71.3 Å². The van der Waals surface area contributed by atoms with E-state index in [0.717, 1.165) is 11.3 Å². The zero-order chi connectivity index (χ0) is 17.6. The molecule has 25 heavy (non-hydrogen) atoms.